The lowest BCUT2D eigenvalue weighted by Crippen LogP contribution is -2.26. The van der Waals surface area contributed by atoms with Gasteiger partial charge < -0.3 is 5.32 Å². The van der Waals surface area contributed by atoms with Gasteiger partial charge in [0, 0.05) is 6.20 Å². The van der Waals surface area contributed by atoms with E-state index in [0.717, 1.165) is 5.92 Å². The van der Waals surface area contributed by atoms with Crippen LogP contribution in [0.1, 0.15) is 62.5 Å². The topological polar surface area (TPSA) is 29.9 Å². The molecule has 3 heteroatoms. The summed E-state index contributed by atoms with van der Waals surface area (Å²) >= 11 is 0. The van der Waals surface area contributed by atoms with E-state index in [4.69, 9.17) is 0 Å². The van der Waals surface area contributed by atoms with Gasteiger partial charge in [0.05, 0.1) is 12.2 Å². The first-order valence-electron chi connectivity index (χ1n) is 7.18. The number of rotatable bonds is 2. The van der Waals surface area contributed by atoms with Crippen molar-refractivity contribution in [2.24, 2.45) is 0 Å². The third-order valence-electron chi connectivity index (χ3n) is 4.38. The molecule has 3 nitrogen and oxygen atoms in total. The van der Waals surface area contributed by atoms with Crippen molar-refractivity contribution in [1.82, 2.24) is 15.1 Å². The molecule has 2 fully saturated rings. The Bertz CT molecular complexity index is 314. The average molecular weight is 233 g/mol. The molecule has 1 aromatic heterocycles. The molecule has 1 aliphatic heterocycles. The van der Waals surface area contributed by atoms with E-state index in [0.29, 0.717) is 6.04 Å². The maximum absolute atomic E-state index is 4.61. The number of piperidine rings is 1. The summed E-state index contributed by atoms with van der Waals surface area (Å²) in [5.74, 6) is 0.744. The van der Waals surface area contributed by atoms with E-state index >= 15 is 0 Å². The summed E-state index contributed by atoms with van der Waals surface area (Å²) in [5, 5.41) is 8.04. The first-order valence-corrected chi connectivity index (χ1v) is 7.18. The number of hydrogen-bond donors (Lipinski definition) is 1. The maximum Gasteiger partial charge on any atom is 0.0524 e. The molecule has 17 heavy (non-hydrogen) atoms. The van der Waals surface area contributed by atoms with Crippen molar-refractivity contribution in [3.63, 3.8) is 0 Å². The fraction of sp³-hybridized carbons (Fsp3) is 0.786. The highest BCUT2D eigenvalue weighted by Crippen LogP contribution is 2.30. The molecule has 1 saturated heterocycles. The fourth-order valence-electron chi connectivity index (χ4n) is 3.26. The Labute approximate surface area is 104 Å². The molecule has 94 valence electrons. The van der Waals surface area contributed by atoms with E-state index in [1.165, 1.54) is 63.6 Å². The quantitative estimate of drug-likeness (QED) is 0.851. The summed E-state index contributed by atoms with van der Waals surface area (Å²) < 4.78 is 2.25. The summed E-state index contributed by atoms with van der Waals surface area (Å²) in [5.41, 5.74) is 1.47. The van der Waals surface area contributed by atoms with E-state index in [-0.39, 0.29) is 0 Å². The highest BCUT2D eigenvalue weighted by molar-refractivity contribution is 5.12. The molecule has 1 aliphatic carbocycles. The summed E-state index contributed by atoms with van der Waals surface area (Å²) in [6.07, 6.45) is 13.8. The second-order valence-corrected chi connectivity index (χ2v) is 5.57. The Balaban J connectivity index is 1.68. The van der Waals surface area contributed by atoms with Gasteiger partial charge >= 0.3 is 0 Å². The van der Waals surface area contributed by atoms with Gasteiger partial charge in [-0.3, -0.25) is 4.68 Å². The predicted octanol–water partition coefficient (Wildman–Crippen LogP) is 2.86. The molecule has 0 aromatic carbocycles. The van der Waals surface area contributed by atoms with Gasteiger partial charge in [-0.2, -0.15) is 5.10 Å². The summed E-state index contributed by atoms with van der Waals surface area (Å²) in [6, 6.07) is 0.680. The van der Waals surface area contributed by atoms with Gasteiger partial charge in [-0.05, 0) is 50.3 Å². The van der Waals surface area contributed by atoms with E-state index in [9.17, 15) is 0 Å². The Morgan fingerprint density at radius 1 is 1.06 bits per heavy atom. The molecule has 0 radical (unpaired) electrons. The minimum absolute atomic E-state index is 0.680. The second kappa shape index (κ2) is 5.21. The van der Waals surface area contributed by atoms with Crippen LogP contribution in [0.2, 0.25) is 0 Å². The van der Waals surface area contributed by atoms with Crippen molar-refractivity contribution in [2.45, 2.75) is 56.9 Å². The van der Waals surface area contributed by atoms with E-state index in [1.807, 2.05) is 0 Å². The van der Waals surface area contributed by atoms with Crippen molar-refractivity contribution in [2.75, 3.05) is 13.1 Å². The minimum Gasteiger partial charge on any atom is -0.317 e. The van der Waals surface area contributed by atoms with Crippen LogP contribution >= 0.6 is 0 Å². The van der Waals surface area contributed by atoms with Gasteiger partial charge in [0.25, 0.3) is 0 Å². The van der Waals surface area contributed by atoms with E-state index in [1.54, 1.807) is 0 Å². The van der Waals surface area contributed by atoms with E-state index < -0.39 is 0 Å². The molecule has 0 spiro atoms. The summed E-state index contributed by atoms with van der Waals surface area (Å²) in [7, 11) is 0. The monoisotopic (exact) mass is 233 g/mol. The summed E-state index contributed by atoms with van der Waals surface area (Å²) in [6.45, 7) is 2.33. The van der Waals surface area contributed by atoms with Gasteiger partial charge in [-0.25, -0.2) is 0 Å². The number of nitrogens with zero attached hydrogens (tertiary/aromatic N) is 2. The standard InChI is InChI=1S/C14H23N3/c1-2-4-14(5-3-1)17-11-13(10-16-17)12-6-8-15-9-7-12/h10-12,14-15H,1-9H2. The Morgan fingerprint density at radius 2 is 1.82 bits per heavy atom. The zero-order valence-electron chi connectivity index (χ0n) is 10.6. The molecule has 0 unspecified atom stereocenters. The lowest BCUT2D eigenvalue weighted by atomic mass is 9.92. The van der Waals surface area contributed by atoms with Gasteiger partial charge in [0.15, 0.2) is 0 Å². The van der Waals surface area contributed by atoms with Crippen LogP contribution in [0.15, 0.2) is 12.4 Å². The van der Waals surface area contributed by atoms with Crippen LogP contribution < -0.4 is 5.32 Å². The van der Waals surface area contributed by atoms with Crippen LogP contribution in [0, 0.1) is 0 Å². The molecule has 0 bridgehead atoms. The molecular formula is C14H23N3. The van der Waals surface area contributed by atoms with Crippen molar-refractivity contribution in [3.05, 3.63) is 18.0 Å². The molecule has 2 heterocycles. The zero-order chi connectivity index (χ0) is 11.5. The molecule has 0 amide bonds. The van der Waals surface area contributed by atoms with Gasteiger partial charge in [0.1, 0.15) is 0 Å². The molecule has 1 aromatic rings. The van der Waals surface area contributed by atoms with Crippen LogP contribution in [-0.4, -0.2) is 22.9 Å². The predicted molar refractivity (Wildman–Crippen MR) is 69.2 cm³/mol. The first-order chi connectivity index (χ1) is 8.43. The van der Waals surface area contributed by atoms with Crippen molar-refractivity contribution >= 4 is 0 Å². The Kier molecular flexibility index (Phi) is 3.46. The highest BCUT2D eigenvalue weighted by Gasteiger charge is 2.20. The number of hydrogen-bond acceptors (Lipinski definition) is 2. The van der Waals surface area contributed by atoms with E-state index in [2.05, 4.69) is 27.5 Å². The van der Waals surface area contributed by atoms with Crippen LogP contribution in [0.4, 0.5) is 0 Å². The fourth-order valence-corrected chi connectivity index (χ4v) is 3.26. The largest absolute Gasteiger partial charge is 0.317 e. The van der Waals surface area contributed by atoms with Gasteiger partial charge in [-0.15, -0.1) is 0 Å². The second-order valence-electron chi connectivity index (χ2n) is 5.57. The van der Waals surface area contributed by atoms with Crippen LogP contribution in [-0.2, 0) is 0 Å². The van der Waals surface area contributed by atoms with Crippen molar-refractivity contribution in [1.29, 1.82) is 0 Å². The molecular weight excluding hydrogens is 210 g/mol. The Morgan fingerprint density at radius 3 is 2.59 bits per heavy atom. The average Bonchev–Trinajstić information content (AvgIpc) is 2.90. The van der Waals surface area contributed by atoms with Crippen molar-refractivity contribution in [3.8, 4) is 0 Å². The molecule has 3 rings (SSSR count). The SMILES string of the molecule is c1nn(C2CCCCC2)cc1C1CCNCC1. The minimum atomic E-state index is 0.680. The normalized spacial score (nSPS) is 24.0. The number of aromatic nitrogens is 2. The van der Waals surface area contributed by atoms with Crippen LogP contribution in [0.3, 0.4) is 0 Å². The molecule has 0 atom stereocenters. The van der Waals surface area contributed by atoms with Crippen molar-refractivity contribution < 1.29 is 0 Å². The van der Waals surface area contributed by atoms with Gasteiger partial charge in [0.2, 0.25) is 0 Å². The van der Waals surface area contributed by atoms with Crippen LogP contribution in [0.25, 0.3) is 0 Å². The highest BCUT2D eigenvalue weighted by atomic mass is 15.3. The summed E-state index contributed by atoms with van der Waals surface area (Å²) in [4.78, 5) is 0. The third kappa shape index (κ3) is 2.54. The Hall–Kier alpha value is -0.830. The number of nitrogens with one attached hydrogen (secondary N) is 1. The van der Waals surface area contributed by atoms with Crippen LogP contribution in [0.5, 0.6) is 0 Å². The molecule has 1 N–H and O–H groups in total. The third-order valence-corrected chi connectivity index (χ3v) is 4.38. The lowest BCUT2D eigenvalue weighted by Gasteiger charge is -2.23. The molecule has 2 aliphatic rings. The zero-order valence-corrected chi connectivity index (χ0v) is 10.6. The smallest absolute Gasteiger partial charge is 0.0524 e. The maximum atomic E-state index is 4.61. The molecule has 1 saturated carbocycles. The van der Waals surface area contributed by atoms with Gasteiger partial charge in [-0.1, -0.05) is 19.3 Å². The lowest BCUT2D eigenvalue weighted by molar-refractivity contribution is 0.329. The first kappa shape index (κ1) is 11.3.